The molecule has 0 saturated carbocycles. The van der Waals surface area contributed by atoms with E-state index in [0.717, 1.165) is 12.0 Å². The molecular formula is C27H42ClNO9S2. The number of rotatable bonds is 12. The summed E-state index contributed by atoms with van der Waals surface area (Å²) in [6.45, 7) is 3.03. The van der Waals surface area contributed by atoms with E-state index in [2.05, 4.69) is 5.32 Å². The van der Waals surface area contributed by atoms with Gasteiger partial charge in [-0.3, -0.25) is 0 Å². The lowest BCUT2D eigenvalue weighted by Crippen LogP contribution is -2.50. The molecule has 1 fully saturated rings. The van der Waals surface area contributed by atoms with Crippen LogP contribution in [0.15, 0.2) is 36.4 Å². The first-order valence-corrected chi connectivity index (χ1v) is 16.1. The van der Waals surface area contributed by atoms with Crippen LogP contribution in [0.1, 0.15) is 37.3 Å². The number of ether oxygens (including phenoxy) is 4. The van der Waals surface area contributed by atoms with Gasteiger partial charge in [0.25, 0.3) is 0 Å². The number of sulfone groups is 2. The summed E-state index contributed by atoms with van der Waals surface area (Å²) in [5.41, 5.74) is 1.25. The largest absolute Gasteiger partial charge is 0.493 e. The first-order chi connectivity index (χ1) is 18.6. The number of benzene rings is 2. The summed E-state index contributed by atoms with van der Waals surface area (Å²) in [7, 11) is -1.89. The Labute approximate surface area is 244 Å². The topological polar surface area (TPSA) is 137 Å². The minimum absolute atomic E-state index is 0. The first-order valence-electron chi connectivity index (χ1n) is 12.8. The molecule has 13 heteroatoms. The molecule has 0 aromatic heterocycles. The van der Waals surface area contributed by atoms with Gasteiger partial charge in [-0.25, -0.2) is 16.8 Å². The standard InChI is InChI=1S/C25H35NO8S2.C2H6O.ClH/c1-31-21-9-7-19(17-23(21)33-3)11-14-26-13-5-12-25(35(27,28)15-6-16-36(25,29)30)20-8-10-22(32-2)24(18-20)34-4;1-2-3;/h7-10,17-18,26H,5-6,11-16H2,1-4H3;3H,2H2,1H3;1H. The lowest BCUT2D eigenvalue weighted by molar-refractivity contribution is 0.318. The van der Waals surface area contributed by atoms with Crippen LogP contribution in [0.5, 0.6) is 23.0 Å². The van der Waals surface area contributed by atoms with Gasteiger partial charge in [-0.05, 0) is 81.1 Å². The van der Waals surface area contributed by atoms with E-state index >= 15 is 0 Å². The van der Waals surface area contributed by atoms with Gasteiger partial charge in [-0.1, -0.05) is 12.1 Å². The van der Waals surface area contributed by atoms with E-state index in [-0.39, 0.29) is 48.9 Å². The molecule has 0 amide bonds. The molecule has 2 N–H and O–H groups in total. The van der Waals surface area contributed by atoms with Gasteiger partial charge in [0.1, 0.15) is 0 Å². The zero-order valence-electron chi connectivity index (χ0n) is 23.8. The highest BCUT2D eigenvalue weighted by Gasteiger charge is 2.57. The van der Waals surface area contributed by atoms with Crippen LogP contribution in [0.2, 0.25) is 0 Å². The third-order valence-corrected chi connectivity index (χ3v) is 12.6. The molecule has 228 valence electrons. The molecular weight excluding hydrogens is 582 g/mol. The second-order valence-electron chi connectivity index (χ2n) is 8.92. The summed E-state index contributed by atoms with van der Waals surface area (Å²) in [5, 5.41) is 10.9. The lowest BCUT2D eigenvalue weighted by atomic mass is 10.1. The van der Waals surface area contributed by atoms with E-state index in [4.69, 9.17) is 24.1 Å². The predicted octanol–water partition coefficient (Wildman–Crippen LogP) is 3.14. The minimum atomic E-state index is -3.98. The van der Waals surface area contributed by atoms with Gasteiger partial charge < -0.3 is 29.4 Å². The molecule has 0 spiro atoms. The molecule has 1 heterocycles. The summed E-state index contributed by atoms with van der Waals surface area (Å²) in [6.07, 6.45) is 1.14. The maximum atomic E-state index is 13.4. The first kappa shape index (κ1) is 35.8. The highest BCUT2D eigenvalue weighted by Crippen LogP contribution is 2.47. The Kier molecular flexibility index (Phi) is 14.5. The quantitative estimate of drug-likeness (QED) is 0.339. The molecule has 10 nitrogen and oxygen atoms in total. The number of hydrogen-bond acceptors (Lipinski definition) is 10. The Balaban J connectivity index is 0.00000191. The monoisotopic (exact) mass is 623 g/mol. The second kappa shape index (κ2) is 16.3. The number of methoxy groups -OCH3 is 4. The maximum absolute atomic E-state index is 13.4. The normalized spacial score (nSPS) is 16.4. The lowest BCUT2D eigenvalue weighted by Gasteiger charge is -2.37. The fourth-order valence-electron chi connectivity index (χ4n) is 4.69. The van der Waals surface area contributed by atoms with Crippen molar-refractivity contribution in [3.05, 3.63) is 47.5 Å². The molecule has 2 aromatic rings. The van der Waals surface area contributed by atoms with Crippen molar-refractivity contribution in [2.75, 3.05) is 59.6 Å². The van der Waals surface area contributed by atoms with Gasteiger partial charge >= 0.3 is 0 Å². The molecule has 0 radical (unpaired) electrons. The smallest absolute Gasteiger partial charge is 0.198 e. The van der Waals surface area contributed by atoms with E-state index in [1.165, 1.54) is 26.4 Å². The van der Waals surface area contributed by atoms with Crippen LogP contribution < -0.4 is 24.3 Å². The van der Waals surface area contributed by atoms with Crippen molar-refractivity contribution in [1.29, 1.82) is 0 Å². The summed E-state index contributed by atoms with van der Waals surface area (Å²) < 4.78 is 72.8. The summed E-state index contributed by atoms with van der Waals surface area (Å²) in [5.74, 6) is 1.65. The third kappa shape index (κ3) is 7.94. The van der Waals surface area contributed by atoms with Gasteiger partial charge in [0, 0.05) is 6.61 Å². The van der Waals surface area contributed by atoms with E-state index in [1.807, 2.05) is 18.2 Å². The zero-order valence-corrected chi connectivity index (χ0v) is 26.2. The maximum Gasteiger partial charge on any atom is 0.198 e. The minimum Gasteiger partial charge on any atom is -0.493 e. The van der Waals surface area contributed by atoms with Crippen molar-refractivity contribution in [1.82, 2.24) is 5.32 Å². The number of aliphatic hydroxyl groups excluding tert-OH is 1. The summed E-state index contributed by atoms with van der Waals surface area (Å²) >= 11 is 0. The molecule has 0 atom stereocenters. The van der Waals surface area contributed by atoms with Crippen LogP contribution in [0.25, 0.3) is 0 Å². The molecule has 40 heavy (non-hydrogen) atoms. The van der Waals surface area contributed by atoms with E-state index in [9.17, 15) is 16.8 Å². The van der Waals surface area contributed by atoms with Crippen molar-refractivity contribution >= 4 is 32.1 Å². The third-order valence-electron chi connectivity index (χ3n) is 6.55. The van der Waals surface area contributed by atoms with Crippen LogP contribution in [-0.2, 0) is 30.2 Å². The molecule has 1 aliphatic rings. The fraction of sp³-hybridized carbons (Fsp3) is 0.556. The summed E-state index contributed by atoms with van der Waals surface area (Å²) in [6, 6.07) is 10.3. The number of aliphatic hydroxyl groups is 1. The highest BCUT2D eigenvalue weighted by atomic mass is 35.5. The van der Waals surface area contributed by atoms with Crippen molar-refractivity contribution < 1.29 is 40.9 Å². The van der Waals surface area contributed by atoms with E-state index in [0.29, 0.717) is 42.5 Å². The van der Waals surface area contributed by atoms with Gasteiger partial charge in [0.15, 0.2) is 46.8 Å². The fourth-order valence-corrected chi connectivity index (χ4v) is 10.5. The molecule has 0 bridgehead atoms. The Morgan fingerprint density at radius 3 is 1.82 bits per heavy atom. The van der Waals surface area contributed by atoms with Gasteiger partial charge in [-0.2, -0.15) is 0 Å². The Morgan fingerprint density at radius 2 is 1.30 bits per heavy atom. The van der Waals surface area contributed by atoms with Crippen LogP contribution in [0.3, 0.4) is 0 Å². The van der Waals surface area contributed by atoms with Crippen LogP contribution in [0, 0.1) is 0 Å². The van der Waals surface area contributed by atoms with E-state index in [1.54, 1.807) is 27.2 Å². The average molecular weight is 624 g/mol. The van der Waals surface area contributed by atoms with Gasteiger partial charge in [0.2, 0.25) is 0 Å². The van der Waals surface area contributed by atoms with Gasteiger partial charge in [-0.15, -0.1) is 12.4 Å². The number of hydrogen-bond donors (Lipinski definition) is 2. The molecule has 0 unspecified atom stereocenters. The SMILES string of the molecule is CCO.COc1ccc(CCNCCCC2(c3ccc(OC)c(OC)c3)S(=O)(=O)CCCS2(=O)=O)cc1OC.Cl. The molecule has 1 aliphatic heterocycles. The van der Waals surface area contributed by atoms with Crippen molar-refractivity contribution in [2.24, 2.45) is 0 Å². The summed E-state index contributed by atoms with van der Waals surface area (Å²) in [4.78, 5) is 0. The molecule has 0 aliphatic carbocycles. The Hall–Kier alpha value is -2.25. The number of nitrogens with one attached hydrogen (secondary N) is 1. The average Bonchev–Trinajstić information content (AvgIpc) is 2.91. The predicted molar refractivity (Wildman–Crippen MR) is 159 cm³/mol. The van der Waals surface area contributed by atoms with Gasteiger partial charge in [0.05, 0.1) is 39.9 Å². The second-order valence-corrected chi connectivity index (χ2v) is 13.9. The zero-order chi connectivity index (χ0) is 29.1. The molecule has 3 rings (SSSR count). The molecule has 1 saturated heterocycles. The highest BCUT2D eigenvalue weighted by molar-refractivity contribution is 8.10. The van der Waals surface area contributed by atoms with E-state index < -0.39 is 23.8 Å². The van der Waals surface area contributed by atoms with Crippen LogP contribution in [0.4, 0.5) is 0 Å². The Bertz CT molecular complexity index is 1250. The molecule has 2 aromatic carbocycles. The van der Waals surface area contributed by atoms with Crippen molar-refractivity contribution in [3.63, 3.8) is 0 Å². The van der Waals surface area contributed by atoms with Crippen LogP contribution >= 0.6 is 12.4 Å². The van der Waals surface area contributed by atoms with Crippen molar-refractivity contribution in [3.8, 4) is 23.0 Å². The van der Waals surface area contributed by atoms with Crippen molar-refractivity contribution in [2.45, 2.75) is 36.7 Å². The number of halogens is 1. The van der Waals surface area contributed by atoms with Crippen LogP contribution in [-0.4, -0.2) is 81.6 Å². The Morgan fingerprint density at radius 1 is 0.800 bits per heavy atom.